The molecule has 1 saturated heterocycles. The summed E-state index contributed by atoms with van der Waals surface area (Å²) in [5.74, 6) is 0.0548. The van der Waals surface area contributed by atoms with Crippen LogP contribution in [0.5, 0.6) is 0 Å². The predicted molar refractivity (Wildman–Crippen MR) is 117 cm³/mol. The molecular weight excluding hydrogens is 378 g/mol. The van der Waals surface area contributed by atoms with Gasteiger partial charge in [-0.2, -0.15) is 0 Å². The highest BCUT2D eigenvalue weighted by Gasteiger charge is 2.16. The third-order valence-electron chi connectivity index (χ3n) is 5.35. The van der Waals surface area contributed by atoms with Crippen molar-refractivity contribution in [3.8, 4) is 0 Å². The number of hydrogen-bond donors (Lipinski definition) is 2. The van der Waals surface area contributed by atoms with E-state index in [0.717, 1.165) is 31.0 Å². The van der Waals surface area contributed by atoms with Crippen molar-refractivity contribution >= 4 is 23.8 Å². The number of nitrogens with one attached hydrogen (secondary N) is 1. The summed E-state index contributed by atoms with van der Waals surface area (Å²) in [6.07, 6.45) is 11.1. The number of allylic oxidation sites excluding steroid dienone is 1. The molecule has 2 aromatic rings. The molecule has 1 aliphatic rings. The molecule has 6 nitrogen and oxygen atoms in total. The van der Waals surface area contributed by atoms with Gasteiger partial charge in [-0.3, -0.25) is 19.8 Å². The molecule has 0 spiro atoms. The van der Waals surface area contributed by atoms with Crippen LogP contribution >= 0.6 is 0 Å². The number of carbonyl (C=O) groups is 2. The summed E-state index contributed by atoms with van der Waals surface area (Å²) in [5, 5.41) is 8.46. The second-order valence-electron chi connectivity index (χ2n) is 7.67. The van der Waals surface area contributed by atoms with E-state index in [1.807, 2.05) is 12.1 Å². The smallest absolute Gasteiger partial charge is 0.267 e. The maximum Gasteiger partial charge on any atom is 0.267 e. The number of pyridine rings is 1. The summed E-state index contributed by atoms with van der Waals surface area (Å²) in [6.45, 7) is 2.33. The van der Waals surface area contributed by atoms with Crippen molar-refractivity contribution in [1.82, 2.24) is 15.4 Å². The first kappa shape index (κ1) is 21.6. The van der Waals surface area contributed by atoms with Gasteiger partial charge in [-0.1, -0.05) is 30.3 Å². The number of piperidine rings is 1. The van der Waals surface area contributed by atoms with Crippen LogP contribution in [0.15, 0.2) is 54.7 Å². The molecule has 156 valence electrons. The average molecular weight is 405 g/mol. The fraction of sp³-hybridized carbons (Fsp3) is 0.292. The van der Waals surface area contributed by atoms with Gasteiger partial charge in [0.15, 0.2) is 5.78 Å². The van der Waals surface area contributed by atoms with Crippen molar-refractivity contribution < 1.29 is 14.8 Å². The van der Waals surface area contributed by atoms with Crippen molar-refractivity contribution in [1.29, 1.82) is 0 Å². The number of rotatable bonds is 7. The van der Waals surface area contributed by atoms with Gasteiger partial charge in [-0.05, 0) is 80.7 Å². The van der Waals surface area contributed by atoms with Crippen LogP contribution in [0.4, 0.5) is 0 Å². The number of carbonyl (C=O) groups excluding carboxylic acids is 2. The summed E-state index contributed by atoms with van der Waals surface area (Å²) in [5.41, 5.74) is 4.82. The van der Waals surface area contributed by atoms with Crippen LogP contribution in [0, 0.1) is 5.92 Å². The number of aromatic nitrogens is 1. The lowest BCUT2D eigenvalue weighted by Crippen LogP contribution is -2.30. The maximum absolute atomic E-state index is 12.4. The first-order chi connectivity index (χ1) is 14.5. The zero-order valence-electron chi connectivity index (χ0n) is 17.1. The molecule has 0 atom stereocenters. The Kier molecular flexibility index (Phi) is 7.65. The third kappa shape index (κ3) is 6.47. The average Bonchev–Trinajstić information content (AvgIpc) is 2.78. The zero-order valence-corrected chi connectivity index (χ0v) is 17.1. The topological polar surface area (TPSA) is 82.5 Å². The molecular formula is C24H27N3O3. The first-order valence-electron chi connectivity index (χ1n) is 10.1. The minimum absolute atomic E-state index is 0.0515. The quantitative estimate of drug-likeness (QED) is 0.319. The highest BCUT2D eigenvalue weighted by Crippen LogP contribution is 2.21. The number of hydroxylamine groups is 1. The Bertz CT molecular complexity index is 910. The lowest BCUT2D eigenvalue weighted by atomic mass is 9.90. The lowest BCUT2D eigenvalue weighted by Gasteiger charge is -2.28. The normalized spacial score (nSPS) is 15.7. The van der Waals surface area contributed by atoms with Crippen molar-refractivity contribution in [3.63, 3.8) is 0 Å². The van der Waals surface area contributed by atoms with Gasteiger partial charge in [0.05, 0.1) is 5.69 Å². The van der Waals surface area contributed by atoms with E-state index in [1.165, 1.54) is 42.1 Å². The number of benzene rings is 1. The monoisotopic (exact) mass is 405 g/mol. The van der Waals surface area contributed by atoms with Gasteiger partial charge in [0, 0.05) is 17.8 Å². The first-order valence-corrected chi connectivity index (χ1v) is 10.1. The number of hydrogen-bond acceptors (Lipinski definition) is 5. The SMILES string of the molecule is CN1CCC(Cc2ccc(C(=O)C=Cc3ccc(C=CC(=O)NO)nc3)cc2)CC1. The molecule has 0 bridgehead atoms. The third-order valence-corrected chi connectivity index (χ3v) is 5.35. The van der Waals surface area contributed by atoms with Crippen LogP contribution in [0.1, 0.15) is 40.0 Å². The van der Waals surface area contributed by atoms with Crippen LogP contribution in [0.2, 0.25) is 0 Å². The molecule has 0 saturated carbocycles. The minimum atomic E-state index is -0.622. The van der Waals surface area contributed by atoms with Gasteiger partial charge in [0.2, 0.25) is 0 Å². The van der Waals surface area contributed by atoms with Crippen molar-refractivity contribution in [2.75, 3.05) is 20.1 Å². The van der Waals surface area contributed by atoms with Crippen molar-refractivity contribution in [2.24, 2.45) is 5.92 Å². The van der Waals surface area contributed by atoms with Crippen molar-refractivity contribution in [3.05, 3.63) is 77.1 Å². The largest absolute Gasteiger partial charge is 0.306 e. The van der Waals surface area contributed by atoms with E-state index in [-0.39, 0.29) is 5.78 Å². The number of amides is 1. The van der Waals surface area contributed by atoms with Crippen LogP contribution < -0.4 is 5.48 Å². The Morgan fingerprint density at radius 3 is 2.47 bits per heavy atom. The molecule has 30 heavy (non-hydrogen) atoms. The molecule has 6 heteroatoms. The summed E-state index contributed by atoms with van der Waals surface area (Å²) in [7, 11) is 2.17. The molecule has 1 aromatic carbocycles. The molecule has 1 aliphatic heterocycles. The molecule has 1 amide bonds. The van der Waals surface area contributed by atoms with Crippen LogP contribution in [-0.4, -0.2) is 46.9 Å². The molecule has 0 aliphatic carbocycles. The van der Waals surface area contributed by atoms with Gasteiger partial charge in [-0.25, -0.2) is 5.48 Å². The van der Waals surface area contributed by atoms with Crippen molar-refractivity contribution in [2.45, 2.75) is 19.3 Å². The number of nitrogens with zero attached hydrogens (tertiary/aromatic N) is 2. The predicted octanol–water partition coefficient (Wildman–Crippen LogP) is 3.38. The highest BCUT2D eigenvalue weighted by atomic mass is 16.5. The Morgan fingerprint density at radius 1 is 1.10 bits per heavy atom. The van der Waals surface area contributed by atoms with E-state index in [4.69, 9.17) is 5.21 Å². The summed E-state index contributed by atoms with van der Waals surface area (Å²) < 4.78 is 0. The molecule has 2 N–H and O–H groups in total. The number of likely N-dealkylation sites (tertiary alicyclic amines) is 1. The fourth-order valence-electron chi connectivity index (χ4n) is 3.49. The number of ketones is 1. The fourth-order valence-corrected chi connectivity index (χ4v) is 3.49. The maximum atomic E-state index is 12.4. The minimum Gasteiger partial charge on any atom is -0.306 e. The Morgan fingerprint density at radius 2 is 1.83 bits per heavy atom. The van der Waals surface area contributed by atoms with Gasteiger partial charge in [0.25, 0.3) is 5.91 Å². The van der Waals surface area contributed by atoms with E-state index in [2.05, 4.69) is 29.1 Å². The highest BCUT2D eigenvalue weighted by molar-refractivity contribution is 6.06. The second-order valence-corrected chi connectivity index (χ2v) is 7.67. The zero-order chi connectivity index (χ0) is 21.3. The van der Waals surface area contributed by atoms with Crippen LogP contribution in [-0.2, 0) is 11.2 Å². The molecule has 3 rings (SSSR count). The van der Waals surface area contributed by atoms with E-state index in [0.29, 0.717) is 11.3 Å². The Balaban J connectivity index is 1.54. The van der Waals surface area contributed by atoms with E-state index >= 15 is 0 Å². The van der Waals surface area contributed by atoms with E-state index in [9.17, 15) is 9.59 Å². The van der Waals surface area contributed by atoms with E-state index in [1.54, 1.807) is 24.4 Å². The van der Waals surface area contributed by atoms with Crippen LogP contribution in [0.3, 0.4) is 0 Å². The Labute approximate surface area is 176 Å². The molecule has 1 aromatic heterocycles. The molecule has 2 heterocycles. The second kappa shape index (κ2) is 10.6. The molecule has 1 fully saturated rings. The lowest BCUT2D eigenvalue weighted by molar-refractivity contribution is -0.124. The van der Waals surface area contributed by atoms with E-state index < -0.39 is 5.91 Å². The Hall–Kier alpha value is -3.09. The summed E-state index contributed by atoms with van der Waals surface area (Å²) in [6, 6.07) is 11.4. The van der Waals surface area contributed by atoms with Gasteiger partial charge in [0.1, 0.15) is 0 Å². The standard InChI is InChI=1S/C24H27N3O3/c1-27-14-12-19(13-15-27)16-18-2-6-21(7-3-18)23(28)10-5-20-4-8-22(25-17-20)9-11-24(29)26-30/h2-11,17,19,30H,12-16H2,1H3,(H,26,29). The van der Waals surface area contributed by atoms with Gasteiger partial charge in [-0.15, -0.1) is 0 Å². The summed E-state index contributed by atoms with van der Waals surface area (Å²) >= 11 is 0. The van der Waals surface area contributed by atoms with Crippen LogP contribution in [0.25, 0.3) is 12.2 Å². The molecule has 0 unspecified atom stereocenters. The van der Waals surface area contributed by atoms with Gasteiger partial charge < -0.3 is 4.90 Å². The molecule has 0 radical (unpaired) electrons. The van der Waals surface area contributed by atoms with Gasteiger partial charge >= 0.3 is 0 Å². The summed E-state index contributed by atoms with van der Waals surface area (Å²) in [4.78, 5) is 30.0.